The van der Waals surface area contributed by atoms with E-state index in [2.05, 4.69) is 83.6 Å². The van der Waals surface area contributed by atoms with Crippen molar-refractivity contribution in [2.45, 2.75) is 46.7 Å². The predicted molar refractivity (Wildman–Crippen MR) is 125 cm³/mol. The van der Waals surface area contributed by atoms with Crippen molar-refractivity contribution in [3.05, 3.63) is 77.0 Å². The third kappa shape index (κ3) is 3.72. The van der Waals surface area contributed by atoms with Gasteiger partial charge in [0, 0.05) is 30.3 Å². The van der Waals surface area contributed by atoms with E-state index < -0.39 is 0 Å². The average Bonchev–Trinajstić information content (AvgIpc) is 3.19. The number of aryl methyl sites for hydroxylation is 2. The van der Waals surface area contributed by atoms with Crippen LogP contribution in [0, 0.1) is 26.7 Å². The van der Waals surface area contributed by atoms with Crippen LogP contribution in [0.4, 0.5) is 0 Å². The Kier molecular flexibility index (Phi) is 5.60. The summed E-state index contributed by atoms with van der Waals surface area (Å²) >= 11 is 5.77. The number of pyridine rings is 2. The minimum atomic E-state index is 0.0115. The van der Waals surface area contributed by atoms with Crippen molar-refractivity contribution in [2.75, 3.05) is 6.54 Å². The van der Waals surface area contributed by atoms with Crippen LogP contribution in [0.3, 0.4) is 0 Å². The van der Waals surface area contributed by atoms with Gasteiger partial charge in [-0.3, -0.25) is 4.98 Å². The van der Waals surface area contributed by atoms with Gasteiger partial charge in [0.25, 0.3) is 0 Å². The summed E-state index contributed by atoms with van der Waals surface area (Å²) in [4.78, 5) is 11.6. The normalized spacial score (nSPS) is 18.9. The molecule has 2 atom stereocenters. The summed E-state index contributed by atoms with van der Waals surface area (Å²) in [6.07, 6.45) is 3.77. The zero-order valence-corrected chi connectivity index (χ0v) is 19.1. The van der Waals surface area contributed by atoms with Gasteiger partial charge in [0.1, 0.15) is 5.82 Å². The quantitative estimate of drug-likeness (QED) is 0.601. The maximum absolute atomic E-state index is 5.77. The second-order valence-corrected chi connectivity index (χ2v) is 8.92. The Morgan fingerprint density at radius 2 is 1.90 bits per heavy atom. The minimum absolute atomic E-state index is 0.0115. The molecule has 0 spiro atoms. The first-order chi connectivity index (χ1) is 14.4. The first-order valence-electron chi connectivity index (χ1n) is 10.5. The van der Waals surface area contributed by atoms with Crippen molar-refractivity contribution in [1.29, 1.82) is 0 Å². The molecule has 0 saturated carbocycles. The highest BCUT2D eigenvalue weighted by Crippen LogP contribution is 2.41. The molecule has 1 aliphatic rings. The molecule has 0 amide bonds. The van der Waals surface area contributed by atoms with Crippen LogP contribution in [-0.2, 0) is 0 Å². The monoisotopic (exact) mass is 419 g/mol. The van der Waals surface area contributed by atoms with Crippen LogP contribution in [-0.4, -0.2) is 31.1 Å². The summed E-state index contributed by atoms with van der Waals surface area (Å²) in [5.41, 5.74) is 5.79. The Labute approximate surface area is 184 Å². The molecular formula is C24H29N5S. The van der Waals surface area contributed by atoms with Crippen molar-refractivity contribution in [2.24, 2.45) is 5.92 Å². The van der Waals surface area contributed by atoms with Gasteiger partial charge in [-0.1, -0.05) is 26.0 Å². The lowest BCUT2D eigenvalue weighted by Gasteiger charge is -2.29. The van der Waals surface area contributed by atoms with E-state index >= 15 is 0 Å². The van der Waals surface area contributed by atoms with Gasteiger partial charge < -0.3 is 14.8 Å². The Morgan fingerprint density at radius 1 is 1.10 bits per heavy atom. The van der Waals surface area contributed by atoms with E-state index in [1.807, 2.05) is 24.5 Å². The van der Waals surface area contributed by atoms with Crippen molar-refractivity contribution in [3.8, 4) is 5.82 Å². The largest absolute Gasteiger partial charge is 0.352 e. The first kappa shape index (κ1) is 20.5. The van der Waals surface area contributed by atoms with Crippen molar-refractivity contribution in [3.63, 3.8) is 0 Å². The van der Waals surface area contributed by atoms with E-state index in [0.717, 1.165) is 28.7 Å². The molecule has 3 aromatic rings. The number of nitrogens with zero attached hydrogens (tertiary/aromatic N) is 4. The van der Waals surface area contributed by atoms with Crippen LogP contribution in [0.15, 0.2) is 48.8 Å². The van der Waals surface area contributed by atoms with Gasteiger partial charge in [0.2, 0.25) is 0 Å². The lowest BCUT2D eigenvalue weighted by molar-refractivity contribution is 0.287. The smallest absolute Gasteiger partial charge is 0.170 e. The number of hydrogen-bond acceptors (Lipinski definition) is 3. The number of aromatic nitrogens is 3. The molecule has 3 aromatic heterocycles. The molecular weight excluding hydrogens is 390 g/mol. The number of hydrogen-bond donors (Lipinski definition) is 1. The molecule has 2 unspecified atom stereocenters. The summed E-state index contributed by atoms with van der Waals surface area (Å²) < 4.78 is 2.24. The number of rotatable bonds is 5. The van der Waals surface area contributed by atoms with Crippen molar-refractivity contribution >= 4 is 17.3 Å². The van der Waals surface area contributed by atoms with Gasteiger partial charge in [-0.05, 0) is 74.3 Å². The summed E-state index contributed by atoms with van der Waals surface area (Å²) in [6.45, 7) is 11.7. The van der Waals surface area contributed by atoms with Crippen LogP contribution in [0.5, 0.6) is 0 Å². The third-order valence-electron chi connectivity index (χ3n) is 5.67. The first-order valence-corrected chi connectivity index (χ1v) is 10.9. The molecule has 1 saturated heterocycles. The topological polar surface area (TPSA) is 46.0 Å². The van der Waals surface area contributed by atoms with Gasteiger partial charge in [-0.25, -0.2) is 4.98 Å². The fraction of sp³-hybridized carbons (Fsp3) is 0.375. The Bertz CT molecular complexity index is 1040. The highest BCUT2D eigenvalue weighted by Gasteiger charge is 2.41. The summed E-state index contributed by atoms with van der Waals surface area (Å²) in [5, 5.41) is 4.34. The van der Waals surface area contributed by atoms with E-state index in [9.17, 15) is 0 Å². The van der Waals surface area contributed by atoms with Gasteiger partial charge in [0.15, 0.2) is 5.11 Å². The van der Waals surface area contributed by atoms with Gasteiger partial charge >= 0.3 is 0 Å². The molecule has 4 rings (SSSR count). The lowest BCUT2D eigenvalue weighted by atomic mass is 9.96. The Hall–Kier alpha value is -2.73. The zero-order valence-electron chi connectivity index (χ0n) is 18.3. The summed E-state index contributed by atoms with van der Waals surface area (Å²) in [7, 11) is 0. The highest BCUT2D eigenvalue weighted by atomic mass is 32.1. The fourth-order valence-corrected chi connectivity index (χ4v) is 4.68. The molecule has 1 fully saturated rings. The molecule has 0 radical (unpaired) electrons. The lowest BCUT2D eigenvalue weighted by Crippen LogP contribution is -2.33. The molecule has 30 heavy (non-hydrogen) atoms. The maximum atomic E-state index is 5.77. The maximum Gasteiger partial charge on any atom is 0.170 e. The fourth-order valence-electron chi connectivity index (χ4n) is 4.37. The predicted octanol–water partition coefficient (Wildman–Crippen LogP) is 4.82. The van der Waals surface area contributed by atoms with Crippen molar-refractivity contribution in [1.82, 2.24) is 24.8 Å². The molecule has 0 bridgehead atoms. The summed E-state index contributed by atoms with van der Waals surface area (Å²) in [5.74, 6) is 1.44. The SMILES string of the molecule is Cc1ccc(-n2c(C)cc(C3C(c4ccccn4)NC(=S)N3CC(C)C)c2C)nc1. The van der Waals surface area contributed by atoms with Crippen LogP contribution < -0.4 is 5.32 Å². The van der Waals surface area contributed by atoms with E-state index in [-0.39, 0.29) is 12.1 Å². The second kappa shape index (κ2) is 8.19. The van der Waals surface area contributed by atoms with E-state index in [0.29, 0.717) is 5.92 Å². The minimum Gasteiger partial charge on any atom is -0.352 e. The van der Waals surface area contributed by atoms with Crippen LogP contribution in [0.2, 0.25) is 0 Å². The molecule has 1 N–H and O–H groups in total. The van der Waals surface area contributed by atoms with Crippen LogP contribution in [0.1, 0.15) is 54.1 Å². The molecule has 0 aliphatic carbocycles. The highest BCUT2D eigenvalue weighted by molar-refractivity contribution is 7.80. The van der Waals surface area contributed by atoms with E-state index in [1.54, 1.807) is 0 Å². The van der Waals surface area contributed by atoms with Gasteiger partial charge in [0.05, 0.1) is 17.8 Å². The number of nitrogens with one attached hydrogen (secondary N) is 1. The molecule has 6 heteroatoms. The molecule has 156 valence electrons. The molecule has 4 heterocycles. The Balaban J connectivity index is 1.83. The molecule has 0 aromatic carbocycles. The molecule has 5 nitrogen and oxygen atoms in total. The zero-order chi connectivity index (χ0) is 21.4. The summed E-state index contributed by atoms with van der Waals surface area (Å²) in [6, 6.07) is 12.6. The van der Waals surface area contributed by atoms with E-state index in [1.165, 1.54) is 17.0 Å². The molecule has 1 aliphatic heterocycles. The standard InChI is InChI=1S/C24H29N5S/c1-15(2)14-28-23(22(27-24(28)30)20-8-6-7-11-25-20)19-12-17(4)29(18(19)5)21-10-9-16(3)13-26-21/h6-13,15,22-23H,14H2,1-5H3,(H,27,30). The Morgan fingerprint density at radius 3 is 2.53 bits per heavy atom. The third-order valence-corrected chi connectivity index (χ3v) is 6.03. The average molecular weight is 420 g/mol. The van der Waals surface area contributed by atoms with E-state index in [4.69, 9.17) is 12.2 Å². The van der Waals surface area contributed by atoms with Crippen LogP contribution in [0.25, 0.3) is 5.82 Å². The van der Waals surface area contributed by atoms with Gasteiger partial charge in [-0.2, -0.15) is 0 Å². The van der Waals surface area contributed by atoms with Crippen LogP contribution >= 0.6 is 12.2 Å². The second-order valence-electron chi connectivity index (χ2n) is 8.53. The van der Waals surface area contributed by atoms with Gasteiger partial charge in [-0.15, -0.1) is 0 Å². The van der Waals surface area contributed by atoms with Crippen molar-refractivity contribution < 1.29 is 0 Å². The number of thiocarbonyl (C=S) groups is 1.